The minimum absolute atomic E-state index is 0.186. The maximum atomic E-state index is 13.0. The van der Waals surface area contributed by atoms with Gasteiger partial charge in [-0.2, -0.15) is 0 Å². The van der Waals surface area contributed by atoms with E-state index in [2.05, 4.69) is 10.6 Å². The number of nitrogens with zero attached hydrogens (tertiary/aromatic N) is 1. The van der Waals surface area contributed by atoms with E-state index in [1.54, 1.807) is 36.4 Å². The first-order valence-corrected chi connectivity index (χ1v) is 9.62. The van der Waals surface area contributed by atoms with Gasteiger partial charge < -0.3 is 10.6 Å². The van der Waals surface area contributed by atoms with E-state index < -0.39 is 17.7 Å². The summed E-state index contributed by atoms with van der Waals surface area (Å²) in [5, 5.41) is 5.40. The molecule has 2 N–H and O–H groups in total. The number of nitrogens with one attached hydrogen (secondary N) is 2. The zero-order chi connectivity index (χ0) is 22.1. The van der Waals surface area contributed by atoms with Crippen LogP contribution in [-0.4, -0.2) is 23.6 Å². The molecule has 3 aromatic carbocycles. The van der Waals surface area contributed by atoms with Crippen LogP contribution in [0.3, 0.4) is 0 Å². The Morgan fingerprint density at radius 1 is 0.774 bits per heavy atom. The fraction of sp³-hybridized carbons (Fsp3) is 0.0833. The molecule has 0 saturated heterocycles. The number of anilines is 3. The number of rotatable bonds is 4. The summed E-state index contributed by atoms with van der Waals surface area (Å²) in [6.45, 7) is 3.24. The lowest BCUT2D eigenvalue weighted by Gasteiger charge is -2.16. The first-order chi connectivity index (χ1) is 14.8. The molecule has 0 aliphatic carbocycles. The number of hydrogen-bond donors (Lipinski definition) is 2. The molecule has 31 heavy (non-hydrogen) atoms. The highest BCUT2D eigenvalue weighted by Crippen LogP contribution is 2.31. The van der Waals surface area contributed by atoms with E-state index in [-0.39, 0.29) is 22.6 Å². The van der Waals surface area contributed by atoms with Crippen LogP contribution >= 0.6 is 0 Å². The molecule has 4 rings (SSSR count). The lowest BCUT2D eigenvalue weighted by atomic mass is 10.1. The number of hydrogen-bond acceptors (Lipinski definition) is 4. The third-order valence-electron chi connectivity index (χ3n) is 4.97. The zero-order valence-corrected chi connectivity index (χ0v) is 16.9. The lowest BCUT2D eigenvalue weighted by molar-refractivity contribution is -0.114. The standard InChI is InChI=1S/C24H19N3O4/c1-14-5-3-4-6-21(14)27-23(30)19-12-7-16(13-20(19)24(27)31)22(29)26-18-10-8-17(9-11-18)25-15(2)28/h3-13H,1-2H3,(H,25,28)(H,26,29). The summed E-state index contributed by atoms with van der Waals surface area (Å²) in [6, 6.07) is 18.3. The van der Waals surface area contributed by atoms with E-state index >= 15 is 0 Å². The molecule has 0 spiro atoms. The molecule has 7 heteroatoms. The van der Waals surface area contributed by atoms with Gasteiger partial charge in [-0.25, -0.2) is 4.90 Å². The van der Waals surface area contributed by atoms with Crippen LogP contribution < -0.4 is 15.5 Å². The van der Waals surface area contributed by atoms with Crippen LogP contribution in [-0.2, 0) is 4.79 Å². The van der Waals surface area contributed by atoms with Crippen molar-refractivity contribution in [2.45, 2.75) is 13.8 Å². The molecule has 1 heterocycles. The predicted octanol–water partition coefficient (Wildman–Crippen LogP) is 4.01. The second kappa shape index (κ2) is 7.87. The molecule has 3 aromatic rings. The number of carbonyl (C=O) groups is 4. The topological polar surface area (TPSA) is 95.6 Å². The van der Waals surface area contributed by atoms with Gasteiger partial charge >= 0.3 is 0 Å². The second-order valence-corrected chi connectivity index (χ2v) is 7.21. The van der Waals surface area contributed by atoms with Gasteiger partial charge in [-0.15, -0.1) is 0 Å². The van der Waals surface area contributed by atoms with Gasteiger partial charge in [-0.05, 0) is 61.0 Å². The van der Waals surface area contributed by atoms with E-state index in [1.165, 1.54) is 25.1 Å². The summed E-state index contributed by atoms with van der Waals surface area (Å²) in [5.41, 5.74) is 3.20. The number of imide groups is 1. The number of carbonyl (C=O) groups excluding carboxylic acids is 4. The average Bonchev–Trinajstić information content (AvgIpc) is 2.99. The summed E-state index contributed by atoms with van der Waals surface area (Å²) in [4.78, 5) is 50.7. The van der Waals surface area contributed by atoms with E-state index in [4.69, 9.17) is 0 Å². The van der Waals surface area contributed by atoms with Gasteiger partial charge in [0.25, 0.3) is 17.7 Å². The molecule has 0 saturated carbocycles. The van der Waals surface area contributed by atoms with Crippen LogP contribution in [0.1, 0.15) is 43.6 Å². The van der Waals surface area contributed by atoms with Crippen molar-refractivity contribution in [3.8, 4) is 0 Å². The summed E-state index contributed by atoms with van der Waals surface area (Å²) >= 11 is 0. The van der Waals surface area contributed by atoms with Crippen molar-refractivity contribution in [2.24, 2.45) is 0 Å². The van der Waals surface area contributed by atoms with Crippen molar-refractivity contribution in [3.63, 3.8) is 0 Å². The predicted molar refractivity (Wildman–Crippen MR) is 117 cm³/mol. The average molecular weight is 413 g/mol. The summed E-state index contributed by atoms with van der Waals surface area (Å²) in [7, 11) is 0. The van der Waals surface area contributed by atoms with Crippen molar-refractivity contribution in [2.75, 3.05) is 15.5 Å². The molecular weight excluding hydrogens is 394 g/mol. The fourth-order valence-corrected chi connectivity index (χ4v) is 3.46. The van der Waals surface area contributed by atoms with Gasteiger partial charge in [0.05, 0.1) is 16.8 Å². The highest BCUT2D eigenvalue weighted by Gasteiger charge is 2.37. The van der Waals surface area contributed by atoms with Gasteiger partial charge in [0, 0.05) is 23.9 Å². The number of aryl methyl sites for hydroxylation is 1. The van der Waals surface area contributed by atoms with Crippen molar-refractivity contribution >= 4 is 40.7 Å². The van der Waals surface area contributed by atoms with Crippen LogP contribution in [0.5, 0.6) is 0 Å². The molecular formula is C24H19N3O4. The van der Waals surface area contributed by atoms with Crippen LogP contribution in [0.4, 0.5) is 17.1 Å². The number of fused-ring (bicyclic) bond motifs is 1. The van der Waals surface area contributed by atoms with Crippen molar-refractivity contribution in [3.05, 3.63) is 89.0 Å². The van der Waals surface area contributed by atoms with Crippen LogP contribution in [0.15, 0.2) is 66.7 Å². The number of amides is 4. The Morgan fingerprint density at radius 2 is 1.39 bits per heavy atom. The Balaban J connectivity index is 1.56. The minimum atomic E-state index is -0.455. The second-order valence-electron chi connectivity index (χ2n) is 7.21. The SMILES string of the molecule is CC(=O)Nc1ccc(NC(=O)c2ccc3c(c2)C(=O)N(c2ccccc2C)C3=O)cc1. The largest absolute Gasteiger partial charge is 0.326 e. The molecule has 0 atom stereocenters. The van der Waals surface area contributed by atoms with E-state index in [9.17, 15) is 19.2 Å². The zero-order valence-electron chi connectivity index (χ0n) is 16.9. The van der Waals surface area contributed by atoms with Crippen LogP contribution in [0.2, 0.25) is 0 Å². The molecule has 0 unspecified atom stereocenters. The van der Waals surface area contributed by atoms with E-state index in [0.29, 0.717) is 17.1 Å². The fourth-order valence-electron chi connectivity index (χ4n) is 3.46. The Labute approximate surface area is 178 Å². The quantitative estimate of drug-likeness (QED) is 0.632. The number of benzene rings is 3. The Bertz CT molecular complexity index is 1230. The molecule has 7 nitrogen and oxygen atoms in total. The third kappa shape index (κ3) is 3.81. The Kier molecular flexibility index (Phi) is 5.09. The van der Waals surface area contributed by atoms with Crippen molar-refractivity contribution < 1.29 is 19.2 Å². The molecule has 0 fully saturated rings. The molecule has 1 aliphatic heterocycles. The minimum Gasteiger partial charge on any atom is -0.326 e. The normalized spacial score (nSPS) is 12.5. The highest BCUT2D eigenvalue weighted by atomic mass is 16.2. The third-order valence-corrected chi connectivity index (χ3v) is 4.97. The first-order valence-electron chi connectivity index (χ1n) is 9.62. The summed E-state index contributed by atoms with van der Waals surface area (Å²) < 4.78 is 0. The van der Waals surface area contributed by atoms with Gasteiger partial charge in [-0.3, -0.25) is 19.2 Å². The highest BCUT2D eigenvalue weighted by molar-refractivity contribution is 6.35. The lowest BCUT2D eigenvalue weighted by Crippen LogP contribution is -2.29. The first kappa shape index (κ1) is 20.0. The molecule has 4 amide bonds. The van der Waals surface area contributed by atoms with E-state index in [1.807, 2.05) is 19.1 Å². The molecule has 1 aliphatic rings. The molecule has 0 aromatic heterocycles. The maximum Gasteiger partial charge on any atom is 0.266 e. The van der Waals surface area contributed by atoms with Crippen molar-refractivity contribution in [1.82, 2.24) is 0 Å². The van der Waals surface area contributed by atoms with Crippen LogP contribution in [0.25, 0.3) is 0 Å². The summed E-state index contributed by atoms with van der Waals surface area (Å²) in [6.07, 6.45) is 0. The van der Waals surface area contributed by atoms with Crippen molar-refractivity contribution in [1.29, 1.82) is 0 Å². The Hall–Kier alpha value is -4.26. The van der Waals surface area contributed by atoms with Gasteiger partial charge in [0.15, 0.2) is 0 Å². The summed E-state index contributed by atoms with van der Waals surface area (Å²) in [5.74, 6) is -1.46. The van der Waals surface area contributed by atoms with E-state index in [0.717, 1.165) is 10.5 Å². The number of para-hydroxylation sites is 1. The maximum absolute atomic E-state index is 13.0. The smallest absolute Gasteiger partial charge is 0.266 e. The molecule has 0 radical (unpaired) electrons. The van der Waals surface area contributed by atoms with Gasteiger partial charge in [-0.1, -0.05) is 18.2 Å². The monoisotopic (exact) mass is 413 g/mol. The molecule has 0 bridgehead atoms. The van der Waals surface area contributed by atoms with Gasteiger partial charge in [0.2, 0.25) is 5.91 Å². The van der Waals surface area contributed by atoms with Gasteiger partial charge in [0.1, 0.15) is 0 Å². The van der Waals surface area contributed by atoms with Crippen LogP contribution in [0, 0.1) is 6.92 Å². The molecule has 154 valence electrons. The Morgan fingerprint density at radius 3 is 2.03 bits per heavy atom.